The molecule has 0 aliphatic carbocycles. The number of nitrogens with one attached hydrogen (secondary N) is 1. The van der Waals surface area contributed by atoms with Crippen LogP contribution in [-0.2, 0) is 9.84 Å². The lowest BCUT2D eigenvalue weighted by atomic mass is 10.1. The molecule has 0 atom stereocenters. The van der Waals surface area contributed by atoms with Crippen LogP contribution >= 0.6 is 0 Å². The highest BCUT2D eigenvalue weighted by Gasteiger charge is 2.29. The first-order valence-electron chi connectivity index (χ1n) is 4.56. The first-order chi connectivity index (χ1) is 7.07. The summed E-state index contributed by atoms with van der Waals surface area (Å²) in [6.07, 6.45) is 1.64. The molecule has 0 spiro atoms. The van der Waals surface area contributed by atoms with Gasteiger partial charge < -0.3 is 11.1 Å². The van der Waals surface area contributed by atoms with Gasteiger partial charge in [-0.15, -0.1) is 0 Å². The lowest BCUT2D eigenvalue weighted by Crippen LogP contribution is -2.14. The van der Waals surface area contributed by atoms with Crippen molar-refractivity contribution in [2.24, 2.45) is 0 Å². The molecule has 1 aromatic rings. The van der Waals surface area contributed by atoms with E-state index in [-0.39, 0.29) is 0 Å². The number of nitrogen functional groups attached to an aromatic ring is 1. The van der Waals surface area contributed by atoms with E-state index in [0.717, 1.165) is 0 Å². The molecule has 0 saturated heterocycles. The third-order valence-electron chi connectivity index (χ3n) is 2.39. The van der Waals surface area contributed by atoms with Crippen LogP contribution < -0.4 is 11.1 Å². The number of likely N-dealkylation sites (N-methyl/N-ethyl adjacent to an activating group) is 1. The van der Waals surface area contributed by atoms with Gasteiger partial charge in [-0.05, 0) is 25.3 Å². The number of sulfone groups is 1. The predicted octanol–water partition coefficient (Wildman–Crippen LogP) is 0.616. The molecule has 4 nitrogen and oxygen atoms in total. The van der Waals surface area contributed by atoms with Crippen molar-refractivity contribution in [3.05, 3.63) is 28.7 Å². The van der Waals surface area contributed by atoms with Gasteiger partial charge in [0.2, 0.25) is 9.84 Å². The van der Waals surface area contributed by atoms with Crippen molar-refractivity contribution in [2.75, 3.05) is 19.3 Å². The molecule has 0 radical (unpaired) electrons. The van der Waals surface area contributed by atoms with E-state index >= 15 is 0 Å². The van der Waals surface area contributed by atoms with E-state index in [1.165, 1.54) is 0 Å². The number of nitrogens with two attached hydrogens (primary N) is 1. The van der Waals surface area contributed by atoms with E-state index in [0.29, 0.717) is 27.6 Å². The summed E-state index contributed by atoms with van der Waals surface area (Å²) in [6.45, 7) is 0.330. The molecule has 0 amide bonds. The quantitative estimate of drug-likeness (QED) is 0.722. The zero-order valence-corrected chi connectivity index (χ0v) is 9.14. The Morgan fingerprint density at radius 2 is 2.13 bits per heavy atom. The van der Waals surface area contributed by atoms with Gasteiger partial charge in [0.15, 0.2) is 0 Å². The molecule has 0 saturated carbocycles. The fourth-order valence-corrected chi connectivity index (χ4v) is 3.26. The highest BCUT2D eigenvalue weighted by Crippen LogP contribution is 2.35. The number of hydrogen-bond donors (Lipinski definition) is 2. The summed E-state index contributed by atoms with van der Waals surface area (Å²) >= 11 is 0. The topological polar surface area (TPSA) is 72.2 Å². The molecule has 15 heavy (non-hydrogen) atoms. The Kier molecular flexibility index (Phi) is 2.28. The van der Waals surface area contributed by atoms with Crippen molar-refractivity contribution >= 4 is 21.6 Å². The fourth-order valence-electron chi connectivity index (χ4n) is 1.65. The first-order valence-corrected chi connectivity index (χ1v) is 6.04. The molecule has 5 heteroatoms. The molecule has 80 valence electrons. The van der Waals surface area contributed by atoms with E-state index in [4.69, 9.17) is 5.73 Å². The molecule has 0 bridgehead atoms. The summed E-state index contributed by atoms with van der Waals surface area (Å²) < 4.78 is 23.9. The standard InChI is InChI=1S/C10H12N2O2S/c1-12-6-7-5-8-9(11)3-2-4-10(8)15(7,13)14/h2-5,12H,6,11H2,1H3. The average Bonchev–Trinajstić information content (AvgIpc) is 2.43. The number of benzene rings is 1. The van der Waals surface area contributed by atoms with E-state index in [1.807, 2.05) is 0 Å². The predicted molar refractivity (Wildman–Crippen MR) is 59.9 cm³/mol. The number of fused-ring (bicyclic) bond motifs is 1. The second-order valence-corrected chi connectivity index (χ2v) is 5.37. The zero-order valence-electron chi connectivity index (χ0n) is 8.32. The summed E-state index contributed by atoms with van der Waals surface area (Å²) in [5, 5.41) is 2.83. The summed E-state index contributed by atoms with van der Waals surface area (Å²) in [4.78, 5) is 0.686. The molecular weight excluding hydrogens is 212 g/mol. The van der Waals surface area contributed by atoms with E-state index in [2.05, 4.69) is 5.32 Å². The van der Waals surface area contributed by atoms with Gasteiger partial charge in [0.05, 0.1) is 9.80 Å². The van der Waals surface area contributed by atoms with Gasteiger partial charge in [-0.2, -0.15) is 0 Å². The minimum absolute atomic E-state index is 0.313. The normalized spacial score (nSPS) is 17.3. The minimum Gasteiger partial charge on any atom is -0.398 e. The van der Waals surface area contributed by atoms with Gasteiger partial charge in [0.1, 0.15) is 0 Å². The maximum Gasteiger partial charge on any atom is 0.204 e. The fraction of sp³-hybridized carbons (Fsp3) is 0.200. The maximum atomic E-state index is 12.0. The van der Waals surface area contributed by atoms with Gasteiger partial charge >= 0.3 is 0 Å². The third kappa shape index (κ3) is 1.44. The van der Waals surface area contributed by atoms with Crippen LogP contribution in [0.2, 0.25) is 0 Å². The second-order valence-electron chi connectivity index (χ2n) is 3.40. The number of anilines is 1. The van der Waals surface area contributed by atoms with Crippen molar-refractivity contribution < 1.29 is 8.42 Å². The third-order valence-corrected chi connectivity index (χ3v) is 4.28. The molecule has 0 aromatic heterocycles. The van der Waals surface area contributed by atoms with Gasteiger partial charge in [-0.25, -0.2) is 8.42 Å². The molecule has 3 N–H and O–H groups in total. The minimum atomic E-state index is -3.31. The summed E-state index contributed by atoms with van der Waals surface area (Å²) in [5.41, 5.74) is 6.84. The molecule has 0 fully saturated rings. The zero-order chi connectivity index (χ0) is 11.1. The van der Waals surface area contributed by atoms with Crippen molar-refractivity contribution in [3.63, 3.8) is 0 Å². The van der Waals surface area contributed by atoms with Crippen molar-refractivity contribution in [3.8, 4) is 0 Å². The molecule has 1 aromatic carbocycles. The average molecular weight is 224 g/mol. The lowest BCUT2D eigenvalue weighted by Gasteiger charge is -2.03. The molecular formula is C10H12N2O2S. The Morgan fingerprint density at radius 3 is 2.73 bits per heavy atom. The number of hydrogen-bond acceptors (Lipinski definition) is 4. The second kappa shape index (κ2) is 3.36. The van der Waals surface area contributed by atoms with E-state index < -0.39 is 9.84 Å². The van der Waals surface area contributed by atoms with E-state index in [9.17, 15) is 8.42 Å². The summed E-state index contributed by atoms with van der Waals surface area (Å²) in [5.74, 6) is 0. The smallest absolute Gasteiger partial charge is 0.204 e. The largest absolute Gasteiger partial charge is 0.398 e. The number of rotatable bonds is 2. The van der Waals surface area contributed by atoms with Gasteiger partial charge in [-0.1, -0.05) is 6.07 Å². The lowest BCUT2D eigenvalue weighted by molar-refractivity contribution is 0.601. The Balaban J connectivity index is 2.64. The monoisotopic (exact) mass is 224 g/mol. The van der Waals surface area contributed by atoms with E-state index in [1.54, 1.807) is 31.3 Å². The van der Waals surface area contributed by atoms with Crippen molar-refractivity contribution in [2.45, 2.75) is 4.90 Å². The Bertz CT molecular complexity index is 532. The van der Waals surface area contributed by atoms with Gasteiger partial charge in [0, 0.05) is 17.8 Å². The van der Waals surface area contributed by atoms with Gasteiger partial charge in [0.25, 0.3) is 0 Å². The van der Waals surface area contributed by atoms with Crippen LogP contribution in [0.5, 0.6) is 0 Å². The van der Waals surface area contributed by atoms with Crippen molar-refractivity contribution in [1.29, 1.82) is 0 Å². The summed E-state index contributed by atoms with van der Waals surface area (Å²) in [7, 11) is -1.60. The highest BCUT2D eigenvalue weighted by atomic mass is 32.2. The van der Waals surface area contributed by atoms with Crippen LogP contribution in [-0.4, -0.2) is 22.0 Å². The summed E-state index contributed by atoms with van der Waals surface area (Å²) in [6, 6.07) is 4.94. The molecule has 1 aliphatic rings. The van der Waals surface area contributed by atoms with Crippen LogP contribution in [0, 0.1) is 0 Å². The Hall–Kier alpha value is -1.33. The molecule has 0 unspecified atom stereocenters. The van der Waals surface area contributed by atoms with Gasteiger partial charge in [-0.3, -0.25) is 0 Å². The Morgan fingerprint density at radius 1 is 1.40 bits per heavy atom. The van der Waals surface area contributed by atoms with Crippen LogP contribution in [0.4, 0.5) is 5.69 Å². The van der Waals surface area contributed by atoms with Crippen molar-refractivity contribution in [1.82, 2.24) is 5.32 Å². The van der Waals surface area contributed by atoms with Crippen LogP contribution in [0.25, 0.3) is 6.08 Å². The maximum absolute atomic E-state index is 12.0. The Labute approximate surface area is 88.7 Å². The molecule has 1 heterocycles. The molecule has 2 rings (SSSR count). The van der Waals surface area contributed by atoms with Crippen LogP contribution in [0.1, 0.15) is 5.56 Å². The van der Waals surface area contributed by atoms with Crippen LogP contribution in [0.3, 0.4) is 0 Å². The molecule has 1 aliphatic heterocycles. The van der Waals surface area contributed by atoms with Crippen LogP contribution in [0.15, 0.2) is 28.0 Å². The highest BCUT2D eigenvalue weighted by molar-refractivity contribution is 7.95. The first kappa shape index (κ1) is 10.2. The SMILES string of the molecule is CNCC1=Cc2c(N)cccc2S1(=O)=O.